The molecular weight excluding hydrogens is 126 g/mol. The van der Waals surface area contributed by atoms with Crippen LogP contribution in [0.4, 0.5) is 0 Å². The number of ether oxygens (including phenoxy) is 1. The molecule has 1 heterocycles. The van der Waals surface area contributed by atoms with E-state index in [2.05, 4.69) is 6.07 Å². The van der Waals surface area contributed by atoms with Gasteiger partial charge in [-0.05, 0) is 12.8 Å². The Bertz CT molecular complexity index is 184. The van der Waals surface area contributed by atoms with Gasteiger partial charge >= 0.3 is 0 Å². The average molecular weight is 137 g/mol. The fourth-order valence-electron chi connectivity index (χ4n) is 1.92. The van der Waals surface area contributed by atoms with Gasteiger partial charge in [0.15, 0.2) is 0 Å². The van der Waals surface area contributed by atoms with Crippen LogP contribution < -0.4 is 0 Å². The monoisotopic (exact) mass is 137 g/mol. The van der Waals surface area contributed by atoms with E-state index in [9.17, 15) is 0 Å². The lowest BCUT2D eigenvalue weighted by Crippen LogP contribution is -2.18. The summed E-state index contributed by atoms with van der Waals surface area (Å²) in [6, 6.07) is 2.19. The Morgan fingerprint density at radius 1 is 1.60 bits per heavy atom. The highest BCUT2D eigenvalue weighted by Crippen LogP contribution is 2.49. The highest BCUT2D eigenvalue weighted by molar-refractivity contribution is 5.09. The van der Waals surface area contributed by atoms with Crippen LogP contribution in [0.3, 0.4) is 0 Å². The van der Waals surface area contributed by atoms with Crippen LogP contribution in [-0.2, 0) is 4.74 Å². The molecule has 2 heteroatoms. The maximum Gasteiger partial charge on any atom is 0.108 e. The summed E-state index contributed by atoms with van der Waals surface area (Å²) >= 11 is 0. The summed E-state index contributed by atoms with van der Waals surface area (Å²) in [5.74, 6) is 0. The molecule has 1 saturated carbocycles. The SMILES string of the molecule is N#CC[C@@]12CCCC[C@H]1O2. The number of hydrogen-bond acceptors (Lipinski definition) is 2. The average Bonchev–Trinajstić information content (AvgIpc) is 2.62. The molecule has 1 saturated heterocycles. The summed E-state index contributed by atoms with van der Waals surface area (Å²) in [4.78, 5) is 0. The third kappa shape index (κ3) is 0.741. The van der Waals surface area contributed by atoms with E-state index < -0.39 is 0 Å². The highest BCUT2D eigenvalue weighted by atomic mass is 16.6. The molecule has 1 aliphatic carbocycles. The molecule has 0 spiro atoms. The number of nitriles is 1. The van der Waals surface area contributed by atoms with Crippen molar-refractivity contribution >= 4 is 0 Å². The fraction of sp³-hybridized carbons (Fsp3) is 0.875. The van der Waals surface area contributed by atoms with Crippen LogP contribution >= 0.6 is 0 Å². The Morgan fingerprint density at radius 3 is 3.20 bits per heavy atom. The molecule has 0 aromatic rings. The zero-order valence-electron chi connectivity index (χ0n) is 5.97. The van der Waals surface area contributed by atoms with Gasteiger partial charge < -0.3 is 4.74 Å². The van der Waals surface area contributed by atoms with E-state index in [1.807, 2.05) is 0 Å². The normalized spacial score (nSPS) is 43.7. The molecule has 2 rings (SSSR count). The first kappa shape index (κ1) is 6.18. The van der Waals surface area contributed by atoms with Gasteiger partial charge in [0.2, 0.25) is 0 Å². The van der Waals surface area contributed by atoms with Crippen molar-refractivity contribution in [3.05, 3.63) is 0 Å². The van der Waals surface area contributed by atoms with Crippen molar-refractivity contribution in [1.29, 1.82) is 5.26 Å². The quantitative estimate of drug-likeness (QED) is 0.515. The van der Waals surface area contributed by atoms with Crippen LogP contribution in [0.5, 0.6) is 0 Å². The minimum atomic E-state index is 0.0347. The zero-order chi connectivity index (χ0) is 7.03. The molecule has 1 aliphatic heterocycles. The molecule has 54 valence electrons. The molecule has 10 heavy (non-hydrogen) atoms. The second-order valence-electron chi connectivity index (χ2n) is 3.25. The number of nitrogens with zero attached hydrogens (tertiary/aromatic N) is 1. The van der Waals surface area contributed by atoms with Crippen LogP contribution in [0.1, 0.15) is 32.1 Å². The first-order chi connectivity index (χ1) is 4.87. The van der Waals surface area contributed by atoms with Gasteiger partial charge in [-0.15, -0.1) is 0 Å². The van der Waals surface area contributed by atoms with Crippen LogP contribution in [-0.4, -0.2) is 11.7 Å². The Morgan fingerprint density at radius 2 is 2.50 bits per heavy atom. The number of fused-ring (bicyclic) bond motifs is 1. The molecule has 2 aliphatic rings. The van der Waals surface area contributed by atoms with Gasteiger partial charge in [-0.1, -0.05) is 12.8 Å². The molecule has 0 aromatic carbocycles. The van der Waals surface area contributed by atoms with Crippen molar-refractivity contribution in [1.82, 2.24) is 0 Å². The largest absolute Gasteiger partial charge is 0.365 e. The van der Waals surface area contributed by atoms with Crippen molar-refractivity contribution in [3.8, 4) is 6.07 Å². The number of epoxide rings is 1. The molecule has 2 fully saturated rings. The zero-order valence-corrected chi connectivity index (χ0v) is 5.97. The van der Waals surface area contributed by atoms with Gasteiger partial charge in [0.1, 0.15) is 5.60 Å². The molecule has 0 aromatic heterocycles. The van der Waals surface area contributed by atoms with Crippen molar-refractivity contribution in [2.45, 2.75) is 43.8 Å². The van der Waals surface area contributed by atoms with Gasteiger partial charge in [0, 0.05) is 0 Å². The molecule has 2 atom stereocenters. The van der Waals surface area contributed by atoms with Gasteiger partial charge in [-0.25, -0.2) is 0 Å². The van der Waals surface area contributed by atoms with E-state index >= 15 is 0 Å². The second-order valence-corrected chi connectivity index (χ2v) is 3.25. The lowest BCUT2D eigenvalue weighted by atomic mass is 9.87. The standard InChI is InChI=1S/C8H11NO/c9-6-5-8-4-2-1-3-7(8)10-8/h7H,1-5H2/t7-,8+/m1/s1. The van der Waals surface area contributed by atoms with Crippen molar-refractivity contribution in [3.63, 3.8) is 0 Å². The van der Waals surface area contributed by atoms with E-state index in [4.69, 9.17) is 10.00 Å². The maximum atomic E-state index is 8.48. The maximum absolute atomic E-state index is 8.48. The summed E-state index contributed by atoms with van der Waals surface area (Å²) in [6.07, 6.45) is 5.89. The molecular formula is C8H11NO. The van der Waals surface area contributed by atoms with E-state index in [1.165, 1.54) is 19.3 Å². The van der Waals surface area contributed by atoms with Crippen molar-refractivity contribution in [2.75, 3.05) is 0 Å². The summed E-state index contributed by atoms with van der Waals surface area (Å²) in [6.45, 7) is 0. The Hall–Kier alpha value is -0.550. The van der Waals surface area contributed by atoms with E-state index in [1.54, 1.807) is 0 Å². The first-order valence-corrected chi connectivity index (χ1v) is 3.92. The smallest absolute Gasteiger partial charge is 0.108 e. The van der Waals surface area contributed by atoms with E-state index in [0.29, 0.717) is 12.5 Å². The molecule has 0 bridgehead atoms. The Kier molecular flexibility index (Phi) is 1.21. The van der Waals surface area contributed by atoms with Gasteiger partial charge in [-0.3, -0.25) is 0 Å². The third-order valence-electron chi connectivity index (χ3n) is 2.60. The Labute approximate surface area is 60.8 Å². The summed E-state index contributed by atoms with van der Waals surface area (Å²) in [5, 5.41) is 8.48. The third-order valence-corrected chi connectivity index (χ3v) is 2.60. The lowest BCUT2D eigenvalue weighted by molar-refractivity contribution is 0.289. The van der Waals surface area contributed by atoms with Crippen LogP contribution in [0.15, 0.2) is 0 Å². The minimum absolute atomic E-state index is 0.0347. The molecule has 0 amide bonds. The Balaban J connectivity index is 2.00. The van der Waals surface area contributed by atoms with E-state index in [0.717, 1.165) is 6.42 Å². The van der Waals surface area contributed by atoms with Crippen LogP contribution in [0, 0.1) is 11.3 Å². The number of rotatable bonds is 1. The highest BCUT2D eigenvalue weighted by Gasteiger charge is 2.56. The van der Waals surface area contributed by atoms with Gasteiger partial charge in [0.25, 0.3) is 0 Å². The van der Waals surface area contributed by atoms with Gasteiger partial charge in [-0.2, -0.15) is 5.26 Å². The summed E-state index contributed by atoms with van der Waals surface area (Å²) in [5.41, 5.74) is 0.0347. The van der Waals surface area contributed by atoms with Gasteiger partial charge in [0.05, 0.1) is 18.6 Å². The predicted molar refractivity (Wildman–Crippen MR) is 36.3 cm³/mol. The topological polar surface area (TPSA) is 36.3 Å². The second kappa shape index (κ2) is 1.96. The molecule has 0 unspecified atom stereocenters. The number of hydrogen-bond donors (Lipinski definition) is 0. The first-order valence-electron chi connectivity index (χ1n) is 3.92. The predicted octanol–water partition coefficient (Wildman–Crippen LogP) is 1.61. The fourth-order valence-corrected chi connectivity index (χ4v) is 1.92. The van der Waals surface area contributed by atoms with Crippen LogP contribution in [0.2, 0.25) is 0 Å². The lowest BCUT2D eigenvalue weighted by Gasteiger charge is -2.12. The molecule has 2 nitrogen and oxygen atoms in total. The van der Waals surface area contributed by atoms with E-state index in [-0.39, 0.29) is 5.60 Å². The molecule has 0 radical (unpaired) electrons. The van der Waals surface area contributed by atoms with Crippen molar-refractivity contribution in [2.24, 2.45) is 0 Å². The van der Waals surface area contributed by atoms with Crippen molar-refractivity contribution < 1.29 is 4.74 Å². The minimum Gasteiger partial charge on any atom is -0.365 e. The molecule has 0 N–H and O–H groups in total. The van der Waals surface area contributed by atoms with Crippen LogP contribution in [0.25, 0.3) is 0 Å². The summed E-state index contributed by atoms with van der Waals surface area (Å²) < 4.78 is 5.48. The summed E-state index contributed by atoms with van der Waals surface area (Å²) in [7, 11) is 0.